The average molecular weight is 334 g/mol. The molecule has 4 rings (SSSR count). The first-order valence-electron chi connectivity index (χ1n) is 8.69. The van der Waals surface area contributed by atoms with Gasteiger partial charge in [0.2, 0.25) is 11.9 Å². The summed E-state index contributed by atoms with van der Waals surface area (Å²) in [6.07, 6.45) is 8.88. The highest BCUT2D eigenvalue weighted by molar-refractivity contribution is 6.07. The second kappa shape index (κ2) is 6.20. The third-order valence-corrected chi connectivity index (χ3v) is 4.99. The second-order valence-corrected chi connectivity index (χ2v) is 6.57. The lowest BCUT2D eigenvalue weighted by Crippen LogP contribution is -2.58. The summed E-state index contributed by atoms with van der Waals surface area (Å²) in [5.41, 5.74) is 15.1. The van der Waals surface area contributed by atoms with Gasteiger partial charge in [-0.15, -0.1) is 0 Å². The zero-order valence-corrected chi connectivity index (χ0v) is 14.1. The molecule has 1 aliphatic heterocycles. The molecule has 2 heterocycles. The summed E-state index contributed by atoms with van der Waals surface area (Å²) >= 11 is 0. The van der Waals surface area contributed by atoms with Gasteiger partial charge in [0, 0.05) is 18.0 Å². The Hall–Kier alpha value is -2.89. The molecule has 0 radical (unpaired) electrons. The van der Waals surface area contributed by atoms with Crippen molar-refractivity contribution in [2.45, 2.75) is 37.8 Å². The van der Waals surface area contributed by atoms with E-state index in [1.54, 1.807) is 12.4 Å². The fraction of sp³-hybridized carbons (Fsp3) is 0.316. The molecule has 1 fully saturated rings. The number of hydrogen-bond acceptors (Lipinski definition) is 6. The van der Waals surface area contributed by atoms with Crippen LogP contribution in [0.1, 0.15) is 32.1 Å². The van der Waals surface area contributed by atoms with Gasteiger partial charge in [0.1, 0.15) is 5.66 Å². The molecule has 0 unspecified atom stereocenters. The van der Waals surface area contributed by atoms with Crippen molar-refractivity contribution in [2.75, 3.05) is 4.90 Å². The third kappa shape index (κ3) is 2.73. The summed E-state index contributed by atoms with van der Waals surface area (Å²) in [4.78, 5) is 15.2. The van der Waals surface area contributed by atoms with Gasteiger partial charge in [-0.25, -0.2) is 4.99 Å². The molecule has 0 amide bonds. The fourth-order valence-electron chi connectivity index (χ4n) is 3.91. The minimum atomic E-state index is -0.433. The lowest BCUT2D eigenvalue weighted by molar-refractivity contribution is 0.305. The van der Waals surface area contributed by atoms with Crippen LogP contribution in [-0.4, -0.2) is 22.6 Å². The lowest BCUT2D eigenvalue weighted by Gasteiger charge is -2.46. The molecule has 128 valence electrons. The molecule has 1 aromatic carbocycles. The van der Waals surface area contributed by atoms with E-state index in [2.05, 4.69) is 27.0 Å². The molecule has 6 nitrogen and oxygen atoms in total. The summed E-state index contributed by atoms with van der Waals surface area (Å²) < 4.78 is 0. The third-order valence-electron chi connectivity index (χ3n) is 4.99. The number of guanidine groups is 2. The predicted octanol–water partition coefficient (Wildman–Crippen LogP) is 2.86. The Balaban J connectivity index is 1.87. The first-order valence-corrected chi connectivity index (χ1v) is 8.69. The molecule has 0 atom stereocenters. The maximum absolute atomic E-state index is 6.36. The van der Waals surface area contributed by atoms with Gasteiger partial charge >= 0.3 is 0 Å². The van der Waals surface area contributed by atoms with E-state index in [4.69, 9.17) is 16.5 Å². The molecular weight excluding hydrogens is 312 g/mol. The highest BCUT2D eigenvalue weighted by Gasteiger charge is 2.43. The van der Waals surface area contributed by atoms with E-state index in [0.29, 0.717) is 5.96 Å². The minimum Gasteiger partial charge on any atom is -0.369 e. The molecule has 2 aliphatic rings. The van der Waals surface area contributed by atoms with Crippen molar-refractivity contribution >= 4 is 17.6 Å². The Morgan fingerprint density at radius 1 is 0.920 bits per heavy atom. The van der Waals surface area contributed by atoms with E-state index < -0.39 is 5.66 Å². The fourth-order valence-corrected chi connectivity index (χ4v) is 3.91. The molecule has 25 heavy (non-hydrogen) atoms. The van der Waals surface area contributed by atoms with Gasteiger partial charge in [-0.3, -0.25) is 9.88 Å². The maximum atomic E-state index is 6.36. The molecule has 1 aromatic heterocycles. The minimum absolute atomic E-state index is 0.275. The monoisotopic (exact) mass is 334 g/mol. The van der Waals surface area contributed by atoms with Crippen molar-refractivity contribution in [1.29, 1.82) is 0 Å². The SMILES string of the molecule is NC1=NC2(CCCCC2)N(c2ccccc2-c2ccncc2)C(N)=N1. The smallest absolute Gasteiger partial charge is 0.220 e. The van der Waals surface area contributed by atoms with E-state index in [1.807, 2.05) is 24.3 Å². The largest absolute Gasteiger partial charge is 0.369 e. The van der Waals surface area contributed by atoms with E-state index >= 15 is 0 Å². The summed E-state index contributed by atoms with van der Waals surface area (Å²) in [6, 6.07) is 12.2. The van der Waals surface area contributed by atoms with Crippen molar-refractivity contribution in [2.24, 2.45) is 21.5 Å². The van der Waals surface area contributed by atoms with Gasteiger partial charge in [0.25, 0.3) is 0 Å². The van der Waals surface area contributed by atoms with Crippen LogP contribution in [0, 0.1) is 0 Å². The Bertz CT molecular complexity index is 821. The number of rotatable bonds is 2. The zero-order chi connectivity index (χ0) is 17.3. The van der Waals surface area contributed by atoms with Crippen LogP contribution < -0.4 is 16.4 Å². The summed E-state index contributed by atoms with van der Waals surface area (Å²) in [7, 11) is 0. The van der Waals surface area contributed by atoms with E-state index in [1.165, 1.54) is 6.42 Å². The van der Waals surface area contributed by atoms with Crippen molar-refractivity contribution < 1.29 is 0 Å². The van der Waals surface area contributed by atoms with Crippen molar-refractivity contribution in [3.8, 4) is 11.1 Å². The second-order valence-electron chi connectivity index (χ2n) is 6.57. The van der Waals surface area contributed by atoms with Crippen molar-refractivity contribution in [3.05, 3.63) is 48.8 Å². The Morgan fingerprint density at radius 2 is 1.64 bits per heavy atom. The summed E-state index contributed by atoms with van der Waals surface area (Å²) in [5, 5.41) is 0. The van der Waals surface area contributed by atoms with Gasteiger partial charge in [0.15, 0.2) is 0 Å². The van der Waals surface area contributed by atoms with Crippen LogP contribution in [0.15, 0.2) is 58.8 Å². The molecule has 0 saturated heterocycles. The normalized spacial score (nSPS) is 19.4. The number of aliphatic imine (C=N–C) groups is 2. The van der Waals surface area contributed by atoms with Crippen LogP contribution in [0.4, 0.5) is 5.69 Å². The number of hydrogen-bond donors (Lipinski definition) is 2. The molecule has 1 saturated carbocycles. The van der Waals surface area contributed by atoms with Crippen LogP contribution in [0.3, 0.4) is 0 Å². The lowest BCUT2D eigenvalue weighted by atomic mass is 9.86. The number of benzene rings is 1. The van der Waals surface area contributed by atoms with Gasteiger partial charge < -0.3 is 11.5 Å². The Kier molecular flexibility index (Phi) is 3.87. The van der Waals surface area contributed by atoms with Gasteiger partial charge in [-0.1, -0.05) is 24.6 Å². The first-order chi connectivity index (χ1) is 12.2. The molecular formula is C19H22N6. The van der Waals surface area contributed by atoms with E-state index in [9.17, 15) is 0 Å². The van der Waals surface area contributed by atoms with Crippen LogP contribution in [0.25, 0.3) is 11.1 Å². The standard InChI is InChI=1S/C19H22N6/c20-17-23-18(21)25(19(24-17)10-4-1-5-11-19)16-7-3-2-6-15(16)14-8-12-22-13-9-14/h2-3,6-9,12-13H,1,4-5,10-11H2,(H4,20,21,23,24). The predicted molar refractivity (Wildman–Crippen MR) is 101 cm³/mol. The van der Waals surface area contributed by atoms with E-state index in [0.717, 1.165) is 42.5 Å². The van der Waals surface area contributed by atoms with Crippen molar-refractivity contribution in [3.63, 3.8) is 0 Å². The van der Waals surface area contributed by atoms with Crippen molar-refractivity contribution in [1.82, 2.24) is 4.98 Å². The molecule has 4 N–H and O–H groups in total. The number of nitrogens with zero attached hydrogens (tertiary/aromatic N) is 4. The number of pyridine rings is 1. The summed E-state index contributed by atoms with van der Waals surface area (Å²) in [5.74, 6) is 0.688. The molecule has 1 spiro atoms. The maximum Gasteiger partial charge on any atom is 0.220 e. The number of nitrogens with two attached hydrogens (primary N) is 2. The first kappa shape index (κ1) is 15.6. The quantitative estimate of drug-likeness (QED) is 0.883. The van der Waals surface area contributed by atoms with Crippen LogP contribution >= 0.6 is 0 Å². The van der Waals surface area contributed by atoms with Crippen LogP contribution in [0.5, 0.6) is 0 Å². The molecule has 2 aromatic rings. The Labute approximate surface area is 147 Å². The topological polar surface area (TPSA) is 92.9 Å². The average Bonchev–Trinajstić information content (AvgIpc) is 2.63. The summed E-state index contributed by atoms with van der Waals surface area (Å²) in [6.45, 7) is 0. The van der Waals surface area contributed by atoms with Gasteiger partial charge in [-0.05, 0) is 49.4 Å². The number of para-hydroxylation sites is 1. The van der Waals surface area contributed by atoms with Crippen LogP contribution in [-0.2, 0) is 0 Å². The van der Waals surface area contributed by atoms with Gasteiger partial charge in [0.05, 0.1) is 5.69 Å². The Morgan fingerprint density at radius 3 is 2.40 bits per heavy atom. The highest BCUT2D eigenvalue weighted by atomic mass is 15.4. The molecule has 1 aliphatic carbocycles. The van der Waals surface area contributed by atoms with Gasteiger partial charge in [-0.2, -0.15) is 4.99 Å². The number of anilines is 1. The molecule has 6 heteroatoms. The molecule has 0 bridgehead atoms. The highest BCUT2D eigenvalue weighted by Crippen LogP contribution is 2.42. The van der Waals surface area contributed by atoms with E-state index in [-0.39, 0.29) is 5.96 Å². The van der Waals surface area contributed by atoms with Crippen LogP contribution in [0.2, 0.25) is 0 Å². The number of aromatic nitrogens is 1. The zero-order valence-electron chi connectivity index (χ0n) is 14.1.